The Morgan fingerprint density at radius 3 is 1.46 bits per heavy atom. The second-order valence-electron chi connectivity index (χ2n) is 6.15. The van der Waals surface area contributed by atoms with Crippen LogP contribution in [0.3, 0.4) is 0 Å². The van der Waals surface area contributed by atoms with E-state index in [2.05, 4.69) is 0 Å². The van der Waals surface area contributed by atoms with Gasteiger partial charge >= 0.3 is 0 Å². The van der Waals surface area contributed by atoms with E-state index in [9.17, 15) is 19.8 Å². The molecular formula is C16H22I3N3O6. The predicted octanol–water partition coefficient (Wildman–Crippen LogP) is -0.0670. The van der Waals surface area contributed by atoms with Crippen LogP contribution in [0, 0.1) is 10.7 Å². The van der Waals surface area contributed by atoms with Crippen molar-refractivity contribution in [3.05, 3.63) is 21.8 Å². The summed E-state index contributed by atoms with van der Waals surface area (Å²) in [6.45, 7) is -1.14. The van der Waals surface area contributed by atoms with E-state index < -0.39 is 37.2 Å². The van der Waals surface area contributed by atoms with E-state index in [0.717, 1.165) is 0 Å². The molecule has 0 aliphatic carbocycles. The molecule has 0 saturated heterocycles. The van der Waals surface area contributed by atoms with E-state index in [4.69, 9.17) is 15.9 Å². The summed E-state index contributed by atoms with van der Waals surface area (Å²) < 4.78 is 1.36. The molecule has 12 heteroatoms. The summed E-state index contributed by atoms with van der Waals surface area (Å²) in [6, 6.07) is 0. The Balaban J connectivity index is 3.42. The molecule has 0 heterocycles. The molecule has 0 radical (unpaired) electrons. The molecule has 0 aromatic heterocycles. The van der Waals surface area contributed by atoms with Gasteiger partial charge in [0.25, 0.3) is 11.8 Å². The number of aliphatic hydroxyl groups is 4. The molecule has 9 nitrogen and oxygen atoms in total. The molecule has 2 atom stereocenters. The van der Waals surface area contributed by atoms with E-state index in [0.29, 0.717) is 10.7 Å². The molecule has 1 aromatic carbocycles. The number of nitrogens with two attached hydrogens (primary N) is 1. The summed E-state index contributed by atoms with van der Waals surface area (Å²) in [5, 5.41) is 37.2. The van der Waals surface area contributed by atoms with Gasteiger partial charge in [-0.15, -0.1) is 0 Å². The van der Waals surface area contributed by atoms with Gasteiger partial charge in [0.05, 0.1) is 49.4 Å². The van der Waals surface area contributed by atoms with Crippen molar-refractivity contribution >= 4 is 85.3 Å². The number of hydrogen-bond acceptors (Lipinski definition) is 7. The molecule has 1 rings (SSSR count). The third-order valence-corrected chi connectivity index (χ3v) is 7.18. The number of anilines is 1. The lowest BCUT2D eigenvalue weighted by molar-refractivity contribution is 0.0514. The standard InChI is InChI=1S/C16H22I3N3O6/c1-21(3-7(25)5-23)15(27)9-11(17)10(13(19)14(20)12(9)18)16(28)22(2)4-8(26)6-24/h7-8,23-26H,3-6,20H2,1-2H3. The Labute approximate surface area is 203 Å². The first-order chi connectivity index (χ1) is 13.0. The number of amides is 2. The van der Waals surface area contributed by atoms with E-state index >= 15 is 0 Å². The van der Waals surface area contributed by atoms with Crippen LogP contribution in [0.2, 0.25) is 0 Å². The zero-order chi connectivity index (χ0) is 21.8. The normalized spacial score (nSPS) is 13.2. The van der Waals surface area contributed by atoms with Crippen LogP contribution < -0.4 is 5.73 Å². The van der Waals surface area contributed by atoms with Crippen molar-refractivity contribution in [2.24, 2.45) is 0 Å². The topological polar surface area (TPSA) is 148 Å². The average molecular weight is 733 g/mol. The van der Waals surface area contributed by atoms with Crippen LogP contribution in [0.1, 0.15) is 20.7 Å². The quantitative estimate of drug-likeness (QED) is 0.186. The summed E-state index contributed by atoms with van der Waals surface area (Å²) in [5.41, 5.74) is 6.88. The zero-order valence-electron chi connectivity index (χ0n) is 15.2. The molecule has 0 spiro atoms. The van der Waals surface area contributed by atoms with E-state index in [1.54, 1.807) is 0 Å². The van der Waals surface area contributed by atoms with Crippen LogP contribution in [-0.4, -0.2) is 94.6 Å². The second kappa shape index (κ2) is 11.4. The fourth-order valence-corrected chi connectivity index (χ4v) is 6.44. The number of aliphatic hydroxyl groups excluding tert-OH is 4. The monoisotopic (exact) mass is 733 g/mol. The lowest BCUT2D eigenvalue weighted by Crippen LogP contribution is -2.38. The Morgan fingerprint density at radius 1 is 0.857 bits per heavy atom. The summed E-state index contributed by atoms with van der Waals surface area (Å²) in [7, 11) is 2.96. The van der Waals surface area contributed by atoms with Gasteiger partial charge in [-0.1, -0.05) is 0 Å². The van der Waals surface area contributed by atoms with Crippen molar-refractivity contribution in [3.8, 4) is 0 Å². The number of nitrogen functional groups attached to an aromatic ring is 1. The predicted molar refractivity (Wildman–Crippen MR) is 129 cm³/mol. The zero-order valence-corrected chi connectivity index (χ0v) is 21.7. The Kier molecular flexibility index (Phi) is 10.6. The van der Waals surface area contributed by atoms with Gasteiger partial charge in [0.2, 0.25) is 0 Å². The maximum atomic E-state index is 12.9. The van der Waals surface area contributed by atoms with Crippen LogP contribution in [0.15, 0.2) is 0 Å². The lowest BCUT2D eigenvalue weighted by atomic mass is 10.1. The van der Waals surface area contributed by atoms with Crippen LogP contribution in [-0.2, 0) is 0 Å². The van der Waals surface area contributed by atoms with Gasteiger partial charge in [0.1, 0.15) is 0 Å². The van der Waals surface area contributed by atoms with Gasteiger partial charge in [-0.3, -0.25) is 9.59 Å². The average Bonchev–Trinajstić information content (AvgIpc) is 2.65. The van der Waals surface area contributed by atoms with E-state index in [-0.39, 0.29) is 29.9 Å². The highest BCUT2D eigenvalue weighted by Gasteiger charge is 2.30. The van der Waals surface area contributed by atoms with Crippen molar-refractivity contribution in [1.29, 1.82) is 0 Å². The Morgan fingerprint density at radius 2 is 1.18 bits per heavy atom. The van der Waals surface area contributed by atoms with Gasteiger partial charge in [-0.05, 0) is 67.8 Å². The van der Waals surface area contributed by atoms with Crippen molar-refractivity contribution in [2.75, 3.05) is 46.1 Å². The minimum Gasteiger partial charge on any atom is -0.397 e. The Hall–Kier alpha value is -0.0100. The maximum absolute atomic E-state index is 12.9. The van der Waals surface area contributed by atoms with Gasteiger partial charge in [-0.2, -0.15) is 0 Å². The van der Waals surface area contributed by atoms with Crippen molar-refractivity contribution in [3.63, 3.8) is 0 Å². The molecule has 0 saturated carbocycles. The highest BCUT2D eigenvalue weighted by Crippen LogP contribution is 2.35. The SMILES string of the molecule is CN(CC(O)CO)C(=O)c1c(I)c(N)c(I)c(C(=O)N(C)CC(O)CO)c1I. The van der Waals surface area contributed by atoms with Crippen molar-refractivity contribution < 1.29 is 30.0 Å². The number of carbonyl (C=O) groups is 2. The van der Waals surface area contributed by atoms with Gasteiger partial charge in [-0.25, -0.2) is 0 Å². The molecule has 2 amide bonds. The number of likely N-dealkylation sites (N-methyl/N-ethyl adjacent to an activating group) is 2. The number of rotatable bonds is 8. The molecule has 6 N–H and O–H groups in total. The Bertz CT molecular complexity index is 692. The molecule has 0 bridgehead atoms. The number of nitrogens with zero attached hydrogens (tertiary/aromatic N) is 2. The van der Waals surface area contributed by atoms with E-state index in [1.165, 1.54) is 23.9 Å². The van der Waals surface area contributed by atoms with Crippen molar-refractivity contribution in [1.82, 2.24) is 9.80 Å². The van der Waals surface area contributed by atoms with Gasteiger partial charge in [0, 0.05) is 30.8 Å². The van der Waals surface area contributed by atoms with E-state index in [1.807, 2.05) is 67.8 Å². The smallest absolute Gasteiger partial charge is 0.255 e. The molecule has 0 aliphatic heterocycles. The van der Waals surface area contributed by atoms with Gasteiger partial charge < -0.3 is 36.0 Å². The fraction of sp³-hybridized carbons (Fsp3) is 0.500. The summed E-state index contributed by atoms with van der Waals surface area (Å²) in [5.74, 6) is -0.895. The molecular weight excluding hydrogens is 711 g/mol. The molecule has 28 heavy (non-hydrogen) atoms. The van der Waals surface area contributed by atoms with Crippen LogP contribution in [0.5, 0.6) is 0 Å². The first kappa shape index (κ1) is 26.0. The summed E-state index contributed by atoms with van der Waals surface area (Å²) in [4.78, 5) is 28.4. The third-order valence-electron chi connectivity index (χ3n) is 3.86. The number of benzene rings is 1. The lowest BCUT2D eigenvalue weighted by Gasteiger charge is -2.25. The van der Waals surface area contributed by atoms with Gasteiger partial charge in [0.15, 0.2) is 0 Å². The minimum absolute atomic E-state index is 0.0841. The number of halogens is 3. The van der Waals surface area contributed by atoms with Crippen LogP contribution in [0.4, 0.5) is 5.69 Å². The largest absolute Gasteiger partial charge is 0.397 e. The van der Waals surface area contributed by atoms with Crippen LogP contribution >= 0.6 is 67.8 Å². The molecule has 0 aliphatic rings. The summed E-state index contributed by atoms with van der Waals surface area (Å²) in [6.07, 6.45) is -2.17. The molecule has 1 aromatic rings. The number of hydrogen-bond donors (Lipinski definition) is 5. The molecule has 0 fully saturated rings. The maximum Gasteiger partial charge on any atom is 0.255 e. The summed E-state index contributed by atoms with van der Waals surface area (Å²) >= 11 is 5.79. The van der Waals surface area contributed by atoms with Crippen molar-refractivity contribution in [2.45, 2.75) is 12.2 Å². The second-order valence-corrected chi connectivity index (χ2v) is 9.39. The highest BCUT2D eigenvalue weighted by atomic mass is 127. The first-order valence-corrected chi connectivity index (χ1v) is 11.3. The first-order valence-electron chi connectivity index (χ1n) is 8.02. The molecule has 2 unspecified atom stereocenters. The highest BCUT2D eigenvalue weighted by molar-refractivity contribution is 14.1. The minimum atomic E-state index is -1.09. The van der Waals surface area contributed by atoms with Crippen LogP contribution in [0.25, 0.3) is 0 Å². The fourth-order valence-electron chi connectivity index (χ4n) is 2.35. The number of carbonyl (C=O) groups excluding carboxylic acids is 2. The molecule has 158 valence electrons. The third kappa shape index (κ3) is 6.00.